The lowest BCUT2D eigenvalue weighted by Gasteiger charge is -2.30. The number of piperidine rings is 1. The van der Waals surface area contributed by atoms with Gasteiger partial charge in [-0.05, 0) is 40.9 Å². The third kappa shape index (κ3) is 3.04. The fourth-order valence-electron chi connectivity index (χ4n) is 1.96. The Kier molecular flexibility index (Phi) is 4.12. The first-order chi connectivity index (χ1) is 8.20. The summed E-state index contributed by atoms with van der Waals surface area (Å²) >= 11 is 3.30. The van der Waals surface area contributed by atoms with Gasteiger partial charge in [-0.3, -0.25) is 4.79 Å². The molecule has 0 spiro atoms. The van der Waals surface area contributed by atoms with Crippen LogP contribution in [-0.4, -0.2) is 42.1 Å². The van der Waals surface area contributed by atoms with E-state index in [2.05, 4.69) is 20.9 Å². The molecule has 4 nitrogen and oxygen atoms in total. The second-order valence-electron chi connectivity index (χ2n) is 4.09. The van der Waals surface area contributed by atoms with Crippen LogP contribution in [0.1, 0.15) is 23.3 Å². The molecule has 2 rings (SSSR count). The van der Waals surface area contributed by atoms with E-state index in [0.29, 0.717) is 5.69 Å². The van der Waals surface area contributed by atoms with Gasteiger partial charge in [0.25, 0.3) is 5.91 Å². The highest BCUT2D eigenvalue weighted by atomic mass is 79.9. The highest BCUT2D eigenvalue weighted by Crippen LogP contribution is 2.15. The van der Waals surface area contributed by atoms with Crippen molar-refractivity contribution >= 4 is 21.8 Å². The van der Waals surface area contributed by atoms with E-state index in [9.17, 15) is 4.79 Å². The van der Waals surface area contributed by atoms with Gasteiger partial charge in [-0.1, -0.05) is 0 Å². The topological polar surface area (TPSA) is 42.4 Å². The summed E-state index contributed by atoms with van der Waals surface area (Å²) in [5, 5.41) is 0. The maximum Gasteiger partial charge on any atom is 0.272 e. The van der Waals surface area contributed by atoms with E-state index in [1.54, 1.807) is 19.4 Å². The number of amides is 1. The van der Waals surface area contributed by atoms with Crippen LogP contribution in [0.4, 0.5) is 0 Å². The summed E-state index contributed by atoms with van der Waals surface area (Å²) in [5.74, 6) is 0.00653. The molecule has 0 saturated carbocycles. The van der Waals surface area contributed by atoms with E-state index >= 15 is 0 Å². The van der Waals surface area contributed by atoms with E-state index in [1.165, 1.54) is 0 Å². The lowest BCUT2D eigenvalue weighted by Crippen LogP contribution is -2.40. The van der Waals surface area contributed by atoms with Gasteiger partial charge >= 0.3 is 0 Å². The zero-order chi connectivity index (χ0) is 12.3. The van der Waals surface area contributed by atoms with Crippen LogP contribution in [-0.2, 0) is 4.74 Å². The Labute approximate surface area is 109 Å². The zero-order valence-electron chi connectivity index (χ0n) is 9.73. The van der Waals surface area contributed by atoms with E-state index in [0.717, 1.165) is 30.4 Å². The molecule has 1 aliphatic rings. The summed E-state index contributed by atoms with van der Waals surface area (Å²) in [6.07, 6.45) is 3.74. The third-order valence-electron chi connectivity index (χ3n) is 3.01. The van der Waals surface area contributed by atoms with Gasteiger partial charge in [0.1, 0.15) is 5.69 Å². The van der Waals surface area contributed by atoms with Crippen molar-refractivity contribution in [3.8, 4) is 0 Å². The van der Waals surface area contributed by atoms with E-state index in [-0.39, 0.29) is 12.0 Å². The van der Waals surface area contributed by atoms with Gasteiger partial charge < -0.3 is 9.64 Å². The van der Waals surface area contributed by atoms with Crippen molar-refractivity contribution in [1.82, 2.24) is 9.88 Å². The number of hydrogen-bond donors (Lipinski definition) is 0. The molecule has 0 atom stereocenters. The highest BCUT2D eigenvalue weighted by Gasteiger charge is 2.23. The molecule has 1 aromatic heterocycles. The van der Waals surface area contributed by atoms with Gasteiger partial charge in [0.15, 0.2) is 0 Å². The lowest BCUT2D eigenvalue weighted by molar-refractivity contribution is 0.0347. The average molecular weight is 299 g/mol. The second kappa shape index (κ2) is 5.60. The fraction of sp³-hybridized carbons (Fsp3) is 0.500. The van der Waals surface area contributed by atoms with Crippen molar-refractivity contribution in [2.45, 2.75) is 18.9 Å². The molecule has 0 aliphatic carbocycles. The van der Waals surface area contributed by atoms with Gasteiger partial charge in [0.2, 0.25) is 0 Å². The molecule has 1 saturated heterocycles. The number of pyridine rings is 1. The van der Waals surface area contributed by atoms with Gasteiger partial charge in [-0.15, -0.1) is 0 Å². The highest BCUT2D eigenvalue weighted by molar-refractivity contribution is 9.10. The Morgan fingerprint density at radius 1 is 1.47 bits per heavy atom. The predicted molar refractivity (Wildman–Crippen MR) is 67.9 cm³/mol. The molecule has 17 heavy (non-hydrogen) atoms. The Morgan fingerprint density at radius 2 is 2.18 bits per heavy atom. The van der Waals surface area contributed by atoms with Crippen molar-refractivity contribution in [2.75, 3.05) is 20.2 Å². The maximum absolute atomic E-state index is 12.1. The number of rotatable bonds is 2. The standard InChI is InChI=1S/C12H15BrN2O2/c1-17-10-4-6-15(7-5-10)12(16)11-3-2-9(13)8-14-11/h2-3,8,10H,4-7H2,1H3. The summed E-state index contributed by atoms with van der Waals surface area (Å²) < 4.78 is 6.16. The van der Waals surface area contributed by atoms with Gasteiger partial charge in [-0.25, -0.2) is 4.98 Å². The summed E-state index contributed by atoms with van der Waals surface area (Å²) in [6.45, 7) is 1.49. The van der Waals surface area contributed by atoms with Crippen molar-refractivity contribution < 1.29 is 9.53 Å². The summed E-state index contributed by atoms with van der Waals surface area (Å²) in [5.41, 5.74) is 0.504. The fourth-order valence-corrected chi connectivity index (χ4v) is 2.19. The first-order valence-electron chi connectivity index (χ1n) is 5.64. The minimum Gasteiger partial charge on any atom is -0.381 e. The number of aromatic nitrogens is 1. The number of halogens is 1. The van der Waals surface area contributed by atoms with Gasteiger partial charge in [0.05, 0.1) is 6.10 Å². The smallest absolute Gasteiger partial charge is 0.272 e. The molecule has 2 heterocycles. The molecular formula is C12H15BrN2O2. The molecule has 1 fully saturated rings. The number of likely N-dealkylation sites (tertiary alicyclic amines) is 1. The minimum atomic E-state index is 0.00653. The molecule has 0 unspecified atom stereocenters. The first kappa shape index (κ1) is 12.5. The molecule has 0 radical (unpaired) electrons. The maximum atomic E-state index is 12.1. The van der Waals surface area contributed by atoms with Crippen LogP contribution >= 0.6 is 15.9 Å². The Hall–Kier alpha value is -0.940. The first-order valence-corrected chi connectivity index (χ1v) is 6.43. The SMILES string of the molecule is COC1CCN(C(=O)c2ccc(Br)cn2)CC1. The Morgan fingerprint density at radius 3 is 2.71 bits per heavy atom. The van der Waals surface area contributed by atoms with E-state index < -0.39 is 0 Å². The number of carbonyl (C=O) groups excluding carboxylic acids is 1. The van der Waals surface area contributed by atoms with Crippen LogP contribution in [0.2, 0.25) is 0 Å². The monoisotopic (exact) mass is 298 g/mol. The predicted octanol–water partition coefficient (Wildman–Crippen LogP) is 2.10. The van der Waals surface area contributed by atoms with Crippen molar-refractivity contribution in [3.05, 3.63) is 28.5 Å². The molecular weight excluding hydrogens is 284 g/mol. The second-order valence-corrected chi connectivity index (χ2v) is 5.00. The Balaban J connectivity index is 1.99. The van der Waals surface area contributed by atoms with Gasteiger partial charge in [-0.2, -0.15) is 0 Å². The van der Waals surface area contributed by atoms with Crippen LogP contribution in [0.15, 0.2) is 22.8 Å². The van der Waals surface area contributed by atoms with Crippen LogP contribution in [0, 0.1) is 0 Å². The number of carbonyl (C=O) groups is 1. The van der Waals surface area contributed by atoms with Crippen molar-refractivity contribution in [3.63, 3.8) is 0 Å². The summed E-state index contributed by atoms with van der Waals surface area (Å²) in [7, 11) is 1.72. The molecule has 92 valence electrons. The molecule has 1 amide bonds. The molecule has 1 aliphatic heterocycles. The van der Waals surface area contributed by atoms with E-state index in [1.807, 2.05) is 11.0 Å². The lowest BCUT2D eigenvalue weighted by atomic mass is 10.1. The van der Waals surface area contributed by atoms with Crippen LogP contribution < -0.4 is 0 Å². The number of nitrogens with zero attached hydrogens (tertiary/aromatic N) is 2. The van der Waals surface area contributed by atoms with Crippen LogP contribution in [0.3, 0.4) is 0 Å². The van der Waals surface area contributed by atoms with Crippen LogP contribution in [0.5, 0.6) is 0 Å². The summed E-state index contributed by atoms with van der Waals surface area (Å²) in [4.78, 5) is 18.1. The number of methoxy groups -OCH3 is 1. The largest absolute Gasteiger partial charge is 0.381 e. The quantitative estimate of drug-likeness (QED) is 0.840. The van der Waals surface area contributed by atoms with Gasteiger partial charge in [0, 0.05) is 30.9 Å². The normalized spacial score (nSPS) is 17.2. The molecule has 0 aromatic carbocycles. The van der Waals surface area contributed by atoms with Crippen LogP contribution in [0.25, 0.3) is 0 Å². The molecule has 5 heteroatoms. The molecule has 0 bridgehead atoms. The molecule has 1 aromatic rings. The number of ether oxygens (including phenoxy) is 1. The van der Waals surface area contributed by atoms with E-state index in [4.69, 9.17) is 4.74 Å². The van der Waals surface area contributed by atoms with Crippen molar-refractivity contribution in [2.24, 2.45) is 0 Å². The average Bonchev–Trinajstić information content (AvgIpc) is 2.39. The zero-order valence-corrected chi connectivity index (χ0v) is 11.3. The Bertz CT molecular complexity index is 386. The number of hydrogen-bond acceptors (Lipinski definition) is 3. The summed E-state index contributed by atoms with van der Waals surface area (Å²) in [6, 6.07) is 3.58. The van der Waals surface area contributed by atoms with Crippen molar-refractivity contribution in [1.29, 1.82) is 0 Å². The minimum absolute atomic E-state index is 0.00653. The molecule has 0 N–H and O–H groups in total. The third-order valence-corrected chi connectivity index (χ3v) is 3.48.